The van der Waals surface area contributed by atoms with E-state index in [1.807, 2.05) is 10.9 Å². The molecule has 0 radical (unpaired) electrons. The summed E-state index contributed by atoms with van der Waals surface area (Å²) < 4.78 is 2.02. The van der Waals surface area contributed by atoms with Crippen molar-refractivity contribution in [2.24, 2.45) is 0 Å². The Kier molecular flexibility index (Phi) is 3.91. The van der Waals surface area contributed by atoms with Crippen LogP contribution in [0.2, 0.25) is 0 Å². The smallest absolute Gasteiger partial charge is 0.0615 e. The molecule has 0 bridgehead atoms. The second-order valence-corrected chi connectivity index (χ2v) is 4.97. The molecule has 0 amide bonds. The molecule has 1 aromatic heterocycles. The summed E-state index contributed by atoms with van der Waals surface area (Å²) in [5, 5.41) is 7.87. The summed E-state index contributed by atoms with van der Waals surface area (Å²) in [5.74, 6) is 0. The monoisotopic (exact) mass is 209 g/mol. The number of hydrogen-bond donors (Lipinski definition) is 1. The molecular weight excluding hydrogens is 186 g/mol. The highest BCUT2D eigenvalue weighted by Crippen LogP contribution is 2.10. The molecule has 1 atom stereocenters. The van der Waals surface area contributed by atoms with Crippen LogP contribution in [-0.2, 0) is 0 Å². The summed E-state index contributed by atoms with van der Waals surface area (Å²) in [7, 11) is 0. The molecule has 3 nitrogen and oxygen atoms in total. The van der Waals surface area contributed by atoms with Crippen LogP contribution < -0.4 is 5.32 Å². The van der Waals surface area contributed by atoms with E-state index in [2.05, 4.69) is 51.2 Å². The Bertz CT molecular complexity index is 302. The summed E-state index contributed by atoms with van der Waals surface area (Å²) in [5.41, 5.74) is 1.44. The Morgan fingerprint density at radius 2 is 2.20 bits per heavy atom. The molecule has 0 aliphatic rings. The second-order valence-electron chi connectivity index (χ2n) is 4.97. The highest BCUT2D eigenvalue weighted by molar-refractivity contribution is 5.00. The highest BCUT2D eigenvalue weighted by atomic mass is 15.3. The molecule has 0 spiro atoms. The van der Waals surface area contributed by atoms with Gasteiger partial charge in [-0.05, 0) is 39.7 Å². The van der Waals surface area contributed by atoms with Crippen molar-refractivity contribution in [1.29, 1.82) is 0 Å². The van der Waals surface area contributed by atoms with Gasteiger partial charge in [-0.1, -0.05) is 6.92 Å². The third-order valence-electron chi connectivity index (χ3n) is 2.94. The maximum absolute atomic E-state index is 4.32. The molecule has 0 aromatic carbocycles. The Hall–Kier alpha value is -0.830. The summed E-state index contributed by atoms with van der Waals surface area (Å²) in [6.07, 6.45) is 5.13. The molecule has 1 N–H and O–H groups in total. The van der Waals surface area contributed by atoms with Gasteiger partial charge in [0.05, 0.1) is 12.2 Å². The number of aryl methyl sites for hydroxylation is 1. The van der Waals surface area contributed by atoms with Crippen molar-refractivity contribution in [3.8, 4) is 0 Å². The first-order valence-electron chi connectivity index (χ1n) is 5.70. The minimum absolute atomic E-state index is 0.219. The van der Waals surface area contributed by atoms with Crippen molar-refractivity contribution in [2.45, 2.75) is 52.6 Å². The van der Waals surface area contributed by atoms with E-state index in [1.54, 1.807) is 0 Å². The molecule has 86 valence electrons. The zero-order valence-corrected chi connectivity index (χ0v) is 10.5. The molecule has 0 aliphatic carbocycles. The van der Waals surface area contributed by atoms with Gasteiger partial charge in [-0.3, -0.25) is 4.68 Å². The van der Waals surface area contributed by atoms with Gasteiger partial charge in [0.2, 0.25) is 0 Å². The SMILES string of the molecule is CCC(C)(C)NCC(C)n1cc(C)cn1. The zero-order chi connectivity index (χ0) is 11.5. The zero-order valence-electron chi connectivity index (χ0n) is 10.5. The molecule has 1 aromatic rings. The molecule has 1 unspecified atom stereocenters. The number of rotatable bonds is 5. The minimum Gasteiger partial charge on any atom is -0.310 e. The van der Waals surface area contributed by atoms with Crippen LogP contribution in [0.15, 0.2) is 12.4 Å². The predicted octanol–water partition coefficient (Wildman–Crippen LogP) is 2.53. The van der Waals surface area contributed by atoms with Gasteiger partial charge in [0.1, 0.15) is 0 Å². The molecule has 0 fully saturated rings. The quantitative estimate of drug-likeness (QED) is 0.807. The lowest BCUT2D eigenvalue weighted by molar-refractivity contribution is 0.335. The Labute approximate surface area is 92.9 Å². The molecular formula is C12H23N3. The first-order chi connectivity index (χ1) is 6.94. The van der Waals surface area contributed by atoms with Gasteiger partial charge >= 0.3 is 0 Å². The maximum atomic E-state index is 4.32. The minimum atomic E-state index is 0.219. The molecule has 0 aliphatic heterocycles. The second kappa shape index (κ2) is 4.79. The lowest BCUT2D eigenvalue weighted by atomic mass is 10.0. The standard InChI is InChI=1S/C12H23N3/c1-6-12(4,5)13-8-11(3)15-9-10(2)7-14-15/h7,9,11,13H,6,8H2,1-5H3. The number of aromatic nitrogens is 2. The van der Waals surface area contributed by atoms with Crippen LogP contribution in [-0.4, -0.2) is 21.9 Å². The van der Waals surface area contributed by atoms with Crippen molar-refractivity contribution in [3.63, 3.8) is 0 Å². The van der Waals surface area contributed by atoms with Crippen LogP contribution in [0, 0.1) is 6.92 Å². The van der Waals surface area contributed by atoms with Crippen LogP contribution >= 0.6 is 0 Å². The maximum Gasteiger partial charge on any atom is 0.0615 e. The van der Waals surface area contributed by atoms with Gasteiger partial charge in [0, 0.05) is 18.3 Å². The molecule has 3 heteroatoms. The topological polar surface area (TPSA) is 29.9 Å². The van der Waals surface area contributed by atoms with E-state index in [0.717, 1.165) is 13.0 Å². The van der Waals surface area contributed by atoms with Gasteiger partial charge in [0.25, 0.3) is 0 Å². The molecule has 1 heterocycles. The largest absolute Gasteiger partial charge is 0.310 e. The van der Waals surface area contributed by atoms with Crippen molar-refractivity contribution >= 4 is 0 Å². The van der Waals surface area contributed by atoms with Crippen LogP contribution in [0.25, 0.3) is 0 Å². The summed E-state index contributed by atoms with van der Waals surface area (Å²) in [6, 6.07) is 0.407. The van der Waals surface area contributed by atoms with Gasteiger partial charge in [0.15, 0.2) is 0 Å². The average molecular weight is 209 g/mol. The molecule has 0 saturated carbocycles. The van der Waals surface area contributed by atoms with Crippen molar-refractivity contribution < 1.29 is 0 Å². The third-order valence-corrected chi connectivity index (χ3v) is 2.94. The van der Waals surface area contributed by atoms with Crippen molar-refractivity contribution in [2.75, 3.05) is 6.54 Å². The summed E-state index contributed by atoms with van der Waals surface area (Å²) >= 11 is 0. The predicted molar refractivity (Wildman–Crippen MR) is 64.0 cm³/mol. The van der Waals surface area contributed by atoms with Crippen molar-refractivity contribution in [1.82, 2.24) is 15.1 Å². The van der Waals surface area contributed by atoms with Crippen LogP contribution in [0.1, 0.15) is 45.7 Å². The fourth-order valence-electron chi connectivity index (χ4n) is 1.32. The van der Waals surface area contributed by atoms with E-state index in [0.29, 0.717) is 6.04 Å². The average Bonchev–Trinajstić information content (AvgIpc) is 2.61. The van der Waals surface area contributed by atoms with E-state index in [9.17, 15) is 0 Å². The highest BCUT2D eigenvalue weighted by Gasteiger charge is 2.15. The lowest BCUT2D eigenvalue weighted by Gasteiger charge is -2.26. The van der Waals surface area contributed by atoms with Gasteiger partial charge < -0.3 is 5.32 Å². The van der Waals surface area contributed by atoms with Gasteiger partial charge in [-0.15, -0.1) is 0 Å². The van der Waals surface area contributed by atoms with Crippen LogP contribution in [0.3, 0.4) is 0 Å². The Morgan fingerprint density at radius 3 is 2.67 bits per heavy atom. The number of nitrogens with one attached hydrogen (secondary N) is 1. The fourth-order valence-corrected chi connectivity index (χ4v) is 1.32. The van der Waals surface area contributed by atoms with Gasteiger partial charge in [-0.25, -0.2) is 0 Å². The van der Waals surface area contributed by atoms with Crippen LogP contribution in [0.5, 0.6) is 0 Å². The Balaban J connectivity index is 2.46. The normalized spacial score (nSPS) is 14.2. The fraction of sp³-hybridized carbons (Fsp3) is 0.750. The first-order valence-corrected chi connectivity index (χ1v) is 5.70. The number of hydrogen-bond acceptors (Lipinski definition) is 2. The van der Waals surface area contributed by atoms with Crippen LogP contribution in [0.4, 0.5) is 0 Å². The van der Waals surface area contributed by atoms with E-state index in [1.165, 1.54) is 5.56 Å². The number of nitrogens with zero attached hydrogens (tertiary/aromatic N) is 2. The lowest BCUT2D eigenvalue weighted by Crippen LogP contribution is -2.41. The van der Waals surface area contributed by atoms with E-state index < -0.39 is 0 Å². The molecule has 15 heavy (non-hydrogen) atoms. The molecule has 0 saturated heterocycles. The Morgan fingerprint density at radius 1 is 1.53 bits per heavy atom. The first kappa shape index (κ1) is 12.2. The summed E-state index contributed by atoms with van der Waals surface area (Å²) in [4.78, 5) is 0. The summed E-state index contributed by atoms with van der Waals surface area (Å²) in [6.45, 7) is 11.9. The third kappa shape index (κ3) is 3.67. The van der Waals surface area contributed by atoms with E-state index in [-0.39, 0.29) is 5.54 Å². The van der Waals surface area contributed by atoms with E-state index >= 15 is 0 Å². The van der Waals surface area contributed by atoms with E-state index in [4.69, 9.17) is 0 Å². The molecule has 1 rings (SSSR count). The van der Waals surface area contributed by atoms with Gasteiger partial charge in [-0.2, -0.15) is 5.10 Å². The van der Waals surface area contributed by atoms with Crippen molar-refractivity contribution in [3.05, 3.63) is 18.0 Å².